The molecule has 1 saturated heterocycles. The highest BCUT2D eigenvalue weighted by Gasteiger charge is 2.25. The summed E-state index contributed by atoms with van der Waals surface area (Å²) in [6.45, 7) is 1.36. The second-order valence-corrected chi connectivity index (χ2v) is 5.51. The van der Waals surface area contributed by atoms with Gasteiger partial charge in [-0.05, 0) is 19.3 Å². The van der Waals surface area contributed by atoms with Crippen molar-refractivity contribution in [3.8, 4) is 6.01 Å². The maximum absolute atomic E-state index is 12.0. The molecule has 1 aliphatic rings. The lowest BCUT2D eigenvalue weighted by molar-refractivity contribution is -0.133. The van der Waals surface area contributed by atoms with Crippen molar-refractivity contribution in [3.63, 3.8) is 0 Å². The minimum absolute atomic E-state index is 0.0649. The van der Waals surface area contributed by atoms with Gasteiger partial charge in [0.05, 0.1) is 24.0 Å². The third-order valence-corrected chi connectivity index (χ3v) is 3.59. The van der Waals surface area contributed by atoms with Crippen molar-refractivity contribution in [3.05, 3.63) is 17.4 Å². The van der Waals surface area contributed by atoms with E-state index >= 15 is 0 Å². The predicted molar refractivity (Wildman–Crippen MR) is 77.2 cm³/mol. The maximum Gasteiger partial charge on any atom is 0.316 e. The number of carbonyl (C=O) groups excluding carboxylic acids is 1. The van der Waals surface area contributed by atoms with Crippen LogP contribution in [-0.4, -0.2) is 45.8 Å². The largest absolute Gasteiger partial charge is 0.458 e. The molecule has 1 fully saturated rings. The fourth-order valence-corrected chi connectivity index (χ4v) is 2.38. The van der Waals surface area contributed by atoms with Gasteiger partial charge < -0.3 is 9.64 Å². The van der Waals surface area contributed by atoms with E-state index in [9.17, 15) is 4.79 Å². The Morgan fingerprint density at radius 1 is 1.45 bits per heavy atom. The Kier molecular flexibility index (Phi) is 5.86. The number of alkyl halides is 1. The van der Waals surface area contributed by atoms with Crippen molar-refractivity contribution >= 4 is 29.1 Å². The van der Waals surface area contributed by atoms with E-state index in [0.29, 0.717) is 36.3 Å². The number of ether oxygens (including phenoxy) is 1. The van der Waals surface area contributed by atoms with Crippen LogP contribution in [0.25, 0.3) is 0 Å². The van der Waals surface area contributed by atoms with Gasteiger partial charge in [-0.2, -0.15) is 0 Å². The van der Waals surface area contributed by atoms with Gasteiger partial charge in [0.1, 0.15) is 6.10 Å². The lowest BCUT2D eigenvalue weighted by Crippen LogP contribution is -2.44. The molecule has 7 heteroatoms. The highest BCUT2D eigenvalue weighted by molar-refractivity contribution is 6.30. The van der Waals surface area contributed by atoms with Crippen molar-refractivity contribution in [2.75, 3.05) is 19.0 Å². The molecule has 0 spiro atoms. The van der Waals surface area contributed by atoms with Crippen LogP contribution in [0.4, 0.5) is 0 Å². The lowest BCUT2D eigenvalue weighted by Gasteiger charge is -2.32. The first-order chi connectivity index (χ1) is 9.69. The third kappa shape index (κ3) is 4.49. The molecular formula is C13H17Cl2N3O2. The smallest absolute Gasteiger partial charge is 0.316 e. The Bertz CT molecular complexity index is 442. The number of piperidine rings is 1. The lowest BCUT2D eigenvalue weighted by atomic mass is 10.1. The molecule has 0 bridgehead atoms. The van der Waals surface area contributed by atoms with E-state index in [4.69, 9.17) is 27.9 Å². The number of likely N-dealkylation sites (tertiary alicyclic amines) is 1. The van der Waals surface area contributed by atoms with E-state index in [1.54, 1.807) is 0 Å². The second kappa shape index (κ2) is 7.64. The minimum Gasteiger partial charge on any atom is -0.458 e. The summed E-state index contributed by atoms with van der Waals surface area (Å²) in [5, 5.41) is 0.471. The van der Waals surface area contributed by atoms with Crippen LogP contribution in [0.1, 0.15) is 25.7 Å². The minimum atomic E-state index is -0.0649. The van der Waals surface area contributed by atoms with Crippen molar-refractivity contribution in [1.82, 2.24) is 14.9 Å². The number of rotatable bonds is 5. The zero-order valence-corrected chi connectivity index (χ0v) is 12.6. The van der Waals surface area contributed by atoms with Crippen molar-refractivity contribution in [1.29, 1.82) is 0 Å². The van der Waals surface area contributed by atoms with Gasteiger partial charge in [-0.25, -0.2) is 9.97 Å². The van der Waals surface area contributed by atoms with Crippen molar-refractivity contribution in [2.45, 2.75) is 31.8 Å². The van der Waals surface area contributed by atoms with E-state index < -0.39 is 0 Å². The molecule has 1 aromatic heterocycles. The van der Waals surface area contributed by atoms with Crippen LogP contribution in [-0.2, 0) is 4.79 Å². The SMILES string of the molecule is O=C(CCCCl)N1CCCC(Oc2ncc(Cl)cn2)C1. The van der Waals surface area contributed by atoms with Crippen LogP contribution < -0.4 is 4.74 Å². The first-order valence-electron chi connectivity index (χ1n) is 6.67. The van der Waals surface area contributed by atoms with Crippen LogP contribution in [0.5, 0.6) is 6.01 Å². The Balaban J connectivity index is 1.86. The molecule has 0 radical (unpaired) electrons. The fraction of sp³-hybridized carbons (Fsp3) is 0.615. The van der Waals surface area contributed by atoms with Gasteiger partial charge in [0.2, 0.25) is 5.91 Å². The van der Waals surface area contributed by atoms with Gasteiger partial charge in [-0.1, -0.05) is 11.6 Å². The van der Waals surface area contributed by atoms with E-state index in [1.807, 2.05) is 4.90 Å². The Morgan fingerprint density at radius 3 is 2.90 bits per heavy atom. The van der Waals surface area contributed by atoms with E-state index in [0.717, 1.165) is 19.4 Å². The van der Waals surface area contributed by atoms with Crippen molar-refractivity contribution < 1.29 is 9.53 Å². The van der Waals surface area contributed by atoms with Gasteiger partial charge in [-0.3, -0.25) is 4.79 Å². The zero-order valence-electron chi connectivity index (χ0n) is 11.1. The van der Waals surface area contributed by atoms with Gasteiger partial charge >= 0.3 is 6.01 Å². The molecule has 0 aromatic carbocycles. The summed E-state index contributed by atoms with van der Waals surface area (Å²) in [7, 11) is 0. The van der Waals surface area contributed by atoms with Crippen LogP contribution in [0.3, 0.4) is 0 Å². The highest BCUT2D eigenvalue weighted by Crippen LogP contribution is 2.17. The second-order valence-electron chi connectivity index (χ2n) is 4.70. The fourth-order valence-electron chi connectivity index (χ4n) is 2.15. The molecule has 1 unspecified atom stereocenters. The molecule has 1 aromatic rings. The Labute approximate surface area is 128 Å². The summed E-state index contributed by atoms with van der Waals surface area (Å²) in [5.74, 6) is 0.647. The Morgan fingerprint density at radius 2 is 2.20 bits per heavy atom. The van der Waals surface area contributed by atoms with Gasteiger partial charge in [0.15, 0.2) is 0 Å². The van der Waals surface area contributed by atoms with E-state index in [-0.39, 0.29) is 12.0 Å². The first kappa shape index (κ1) is 15.3. The van der Waals surface area contributed by atoms with Gasteiger partial charge in [-0.15, -0.1) is 11.6 Å². The molecule has 110 valence electrons. The maximum atomic E-state index is 12.0. The molecule has 1 atom stereocenters. The summed E-state index contributed by atoms with van der Waals surface area (Å²) in [6.07, 6.45) is 5.95. The third-order valence-electron chi connectivity index (χ3n) is 3.12. The quantitative estimate of drug-likeness (QED) is 0.783. The average Bonchev–Trinajstić information content (AvgIpc) is 2.47. The van der Waals surface area contributed by atoms with Crippen LogP contribution >= 0.6 is 23.2 Å². The molecule has 0 aliphatic carbocycles. The summed E-state index contributed by atoms with van der Waals surface area (Å²) in [6, 6.07) is 0.300. The molecule has 1 amide bonds. The predicted octanol–water partition coefficient (Wildman–Crippen LogP) is 2.52. The molecule has 2 rings (SSSR count). The molecule has 5 nitrogen and oxygen atoms in total. The summed E-state index contributed by atoms with van der Waals surface area (Å²) in [5.41, 5.74) is 0. The number of halogens is 2. The van der Waals surface area contributed by atoms with Gasteiger partial charge in [0.25, 0.3) is 0 Å². The molecule has 1 aliphatic heterocycles. The number of amides is 1. The average molecular weight is 318 g/mol. The summed E-state index contributed by atoms with van der Waals surface area (Å²) in [4.78, 5) is 21.8. The zero-order chi connectivity index (χ0) is 14.4. The molecule has 0 N–H and O–H groups in total. The summed E-state index contributed by atoms with van der Waals surface area (Å²) >= 11 is 11.3. The van der Waals surface area contributed by atoms with E-state index in [1.165, 1.54) is 12.4 Å². The van der Waals surface area contributed by atoms with E-state index in [2.05, 4.69) is 9.97 Å². The van der Waals surface area contributed by atoms with Crippen LogP contribution in [0.15, 0.2) is 12.4 Å². The Hall–Kier alpha value is -1.07. The van der Waals surface area contributed by atoms with Gasteiger partial charge in [0, 0.05) is 18.8 Å². The molecule has 20 heavy (non-hydrogen) atoms. The normalized spacial score (nSPS) is 18.9. The highest BCUT2D eigenvalue weighted by atomic mass is 35.5. The first-order valence-corrected chi connectivity index (χ1v) is 7.58. The molecule has 2 heterocycles. The number of aromatic nitrogens is 2. The number of hydrogen-bond acceptors (Lipinski definition) is 4. The monoisotopic (exact) mass is 317 g/mol. The summed E-state index contributed by atoms with van der Waals surface area (Å²) < 4.78 is 5.69. The van der Waals surface area contributed by atoms with Crippen LogP contribution in [0.2, 0.25) is 5.02 Å². The number of hydrogen-bond donors (Lipinski definition) is 0. The van der Waals surface area contributed by atoms with Crippen LogP contribution in [0, 0.1) is 0 Å². The topological polar surface area (TPSA) is 55.3 Å². The van der Waals surface area contributed by atoms with Crippen molar-refractivity contribution in [2.24, 2.45) is 0 Å². The number of nitrogens with zero attached hydrogens (tertiary/aromatic N) is 3. The number of carbonyl (C=O) groups is 1. The standard InChI is InChI=1S/C13H17Cl2N3O2/c14-5-1-4-12(19)18-6-2-3-11(9-18)20-13-16-7-10(15)8-17-13/h7-8,11H,1-6,9H2. The molecule has 0 saturated carbocycles. The molecular weight excluding hydrogens is 301 g/mol.